The molecule has 0 aliphatic rings. The number of nitrogens with two attached hydrogens (primary N) is 1. The van der Waals surface area contributed by atoms with Crippen molar-refractivity contribution < 1.29 is 9.53 Å². The topological polar surface area (TPSA) is 94.5 Å². The van der Waals surface area contributed by atoms with Gasteiger partial charge in [-0.1, -0.05) is 0 Å². The van der Waals surface area contributed by atoms with Gasteiger partial charge in [0, 0.05) is 25.0 Å². The molecule has 1 unspecified atom stereocenters. The van der Waals surface area contributed by atoms with Crippen LogP contribution in [0.3, 0.4) is 0 Å². The first-order valence-corrected chi connectivity index (χ1v) is 6.38. The van der Waals surface area contributed by atoms with Gasteiger partial charge < -0.3 is 15.8 Å². The fraction of sp³-hybridized carbons (Fsp3) is 0.462. The summed E-state index contributed by atoms with van der Waals surface area (Å²) in [7, 11) is 0. The molecule has 0 saturated heterocycles. The Labute approximate surface area is 117 Å². The Hall–Kier alpha value is -2.15. The lowest BCUT2D eigenvalue weighted by Crippen LogP contribution is -2.36. The molecular weight excluding hydrogens is 258 g/mol. The van der Waals surface area contributed by atoms with Gasteiger partial charge in [0.05, 0.1) is 11.7 Å². The standard InChI is InChI=1S/C13H19N5O2/c1-13(2,3)20-12(19)16-8-9(14)10-7-11-15-5-4-6-18(11)17-10/h4-7,9H,8,14H2,1-3H3,(H,16,19). The third-order valence-corrected chi connectivity index (χ3v) is 2.50. The molecule has 0 bridgehead atoms. The molecule has 0 radical (unpaired) electrons. The van der Waals surface area contributed by atoms with Crippen LogP contribution in [0.2, 0.25) is 0 Å². The molecule has 2 heterocycles. The van der Waals surface area contributed by atoms with Crippen molar-refractivity contribution in [3.63, 3.8) is 0 Å². The average molecular weight is 277 g/mol. The Morgan fingerprint density at radius 3 is 2.95 bits per heavy atom. The van der Waals surface area contributed by atoms with Gasteiger partial charge in [0.25, 0.3) is 0 Å². The molecule has 0 aliphatic carbocycles. The van der Waals surface area contributed by atoms with Gasteiger partial charge in [-0.05, 0) is 26.8 Å². The van der Waals surface area contributed by atoms with Crippen LogP contribution in [-0.4, -0.2) is 32.8 Å². The van der Waals surface area contributed by atoms with Crippen LogP contribution < -0.4 is 11.1 Å². The normalized spacial score (nSPS) is 13.2. The van der Waals surface area contributed by atoms with Crippen LogP contribution in [0.25, 0.3) is 5.65 Å². The molecule has 3 N–H and O–H groups in total. The first-order valence-electron chi connectivity index (χ1n) is 6.38. The van der Waals surface area contributed by atoms with Crippen molar-refractivity contribution in [1.82, 2.24) is 19.9 Å². The van der Waals surface area contributed by atoms with Crippen molar-refractivity contribution >= 4 is 11.7 Å². The van der Waals surface area contributed by atoms with E-state index in [4.69, 9.17) is 10.5 Å². The Kier molecular flexibility index (Phi) is 3.89. The summed E-state index contributed by atoms with van der Waals surface area (Å²) >= 11 is 0. The summed E-state index contributed by atoms with van der Waals surface area (Å²) in [6, 6.07) is 3.17. The molecule has 0 spiro atoms. The third-order valence-electron chi connectivity index (χ3n) is 2.50. The minimum atomic E-state index is -0.527. The lowest BCUT2D eigenvalue weighted by Gasteiger charge is -2.20. The highest BCUT2D eigenvalue weighted by Crippen LogP contribution is 2.10. The monoisotopic (exact) mass is 277 g/mol. The second kappa shape index (κ2) is 5.46. The molecule has 0 aliphatic heterocycles. The number of carbonyl (C=O) groups excluding carboxylic acids is 1. The van der Waals surface area contributed by atoms with Gasteiger partial charge in [-0.25, -0.2) is 14.3 Å². The number of hydrogen-bond acceptors (Lipinski definition) is 5. The molecule has 0 saturated carbocycles. The van der Waals surface area contributed by atoms with Gasteiger partial charge in [0.2, 0.25) is 0 Å². The van der Waals surface area contributed by atoms with Crippen molar-refractivity contribution in [2.45, 2.75) is 32.4 Å². The Morgan fingerprint density at radius 2 is 2.30 bits per heavy atom. The highest BCUT2D eigenvalue weighted by Gasteiger charge is 2.18. The van der Waals surface area contributed by atoms with E-state index in [1.807, 2.05) is 0 Å². The van der Waals surface area contributed by atoms with E-state index in [0.717, 1.165) is 5.65 Å². The van der Waals surface area contributed by atoms with Crippen molar-refractivity contribution in [1.29, 1.82) is 0 Å². The third kappa shape index (κ3) is 3.67. The number of carbonyl (C=O) groups is 1. The first kappa shape index (κ1) is 14.3. The maximum atomic E-state index is 11.5. The Balaban J connectivity index is 1.95. The molecule has 2 aromatic rings. The fourth-order valence-electron chi connectivity index (χ4n) is 1.64. The zero-order chi connectivity index (χ0) is 14.8. The number of amides is 1. The molecule has 7 heteroatoms. The lowest BCUT2D eigenvalue weighted by atomic mass is 10.2. The van der Waals surface area contributed by atoms with Gasteiger partial charge >= 0.3 is 6.09 Å². The van der Waals surface area contributed by atoms with E-state index < -0.39 is 17.7 Å². The molecule has 2 aromatic heterocycles. The second-order valence-electron chi connectivity index (χ2n) is 5.48. The maximum Gasteiger partial charge on any atom is 0.407 e. The van der Waals surface area contributed by atoms with E-state index in [-0.39, 0.29) is 6.54 Å². The average Bonchev–Trinajstić information content (AvgIpc) is 2.77. The van der Waals surface area contributed by atoms with Crippen LogP contribution in [-0.2, 0) is 4.74 Å². The SMILES string of the molecule is CC(C)(C)OC(=O)NCC(N)c1cc2ncccn2n1. The maximum absolute atomic E-state index is 11.5. The van der Waals surface area contributed by atoms with Gasteiger partial charge in [-0.3, -0.25) is 0 Å². The molecule has 1 amide bonds. The summed E-state index contributed by atoms with van der Waals surface area (Å²) in [6.07, 6.45) is 2.99. The van der Waals surface area contributed by atoms with Crippen molar-refractivity contribution in [3.8, 4) is 0 Å². The molecule has 108 valence electrons. The highest BCUT2D eigenvalue weighted by atomic mass is 16.6. The number of nitrogens with one attached hydrogen (secondary N) is 1. The number of ether oxygens (including phenoxy) is 1. The number of alkyl carbamates (subject to hydrolysis) is 1. The Bertz CT molecular complexity index is 569. The number of hydrogen-bond donors (Lipinski definition) is 2. The van der Waals surface area contributed by atoms with E-state index in [1.54, 1.807) is 49.8 Å². The van der Waals surface area contributed by atoms with Gasteiger partial charge in [-0.2, -0.15) is 5.10 Å². The minimum Gasteiger partial charge on any atom is -0.444 e. The zero-order valence-electron chi connectivity index (χ0n) is 11.8. The number of nitrogens with zero attached hydrogens (tertiary/aromatic N) is 3. The van der Waals surface area contributed by atoms with Gasteiger partial charge in [0.15, 0.2) is 5.65 Å². The van der Waals surface area contributed by atoms with Crippen LogP contribution in [0, 0.1) is 0 Å². The predicted molar refractivity (Wildman–Crippen MR) is 74.2 cm³/mol. The number of rotatable bonds is 3. The van der Waals surface area contributed by atoms with Gasteiger partial charge in [-0.15, -0.1) is 0 Å². The summed E-state index contributed by atoms with van der Waals surface area (Å²) < 4.78 is 6.78. The van der Waals surface area contributed by atoms with Crippen LogP contribution in [0.15, 0.2) is 24.5 Å². The van der Waals surface area contributed by atoms with Crippen LogP contribution in [0.1, 0.15) is 32.5 Å². The summed E-state index contributed by atoms with van der Waals surface area (Å²) in [5.41, 5.74) is 6.85. The van der Waals surface area contributed by atoms with E-state index in [1.165, 1.54) is 0 Å². The molecule has 1 atom stereocenters. The summed E-state index contributed by atoms with van der Waals surface area (Å²) in [5, 5.41) is 6.93. The molecule has 20 heavy (non-hydrogen) atoms. The van der Waals surface area contributed by atoms with Crippen LogP contribution in [0.4, 0.5) is 4.79 Å². The van der Waals surface area contributed by atoms with Crippen molar-refractivity contribution in [3.05, 3.63) is 30.2 Å². The van der Waals surface area contributed by atoms with E-state index in [2.05, 4.69) is 15.4 Å². The molecule has 2 rings (SSSR count). The first-order chi connectivity index (χ1) is 9.35. The molecule has 0 aromatic carbocycles. The number of fused-ring (bicyclic) bond motifs is 1. The zero-order valence-corrected chi connectivity index (χ0v) is 11.8. The van der Waals surface area contributed by atoms with Crippen LogP contribution in [0.5, 0.6) is 0 Å². The van der Waals surface area contributed by atoms with E-state index in [9.17, 15) is 4.79 Å². The minimum absolute atomic E-state index is 0.249. The second-order valence-corrected chi connectivity index (χ2v) is 5.48. The fourth-order valence-corrected chi connectivity index (χ4v) is 1.64. The van der Waals surface area contributed by atoms with Crippen molar-refractivity contribution in [2.75, 3.05) is 6.54 Å². The number of aromatic nitrogens is 3. The summed E-state index contributed by atoms with van der Waals surface area (Å²) in [6.45, 7) is 5.67. The van der Waals surface area contributed by atoms with E-state index in [0.29, 0.717) is 5.69 Å². The lowest BCUT2D eigenvalue weighted by molar-refractivity contribution is 0.0524. The van der Waals surface area contributed by atoms with Crippen LogP contribution >= 0.6 is 0 Å². The highest BCUT2D eigenvalue weighted by molar-refractivity contribution is 5.67. The summed E-state index contributed by atoms with van der Waals surface area (Å²) in [4.78, 5) is 15.7. The molecule has 0 fully saturated rings. The largest absolute Gasteiger partial charge is 0.444 e. The molecule has 7 nitrogen and oxygen atoms in total. The van der Waals surface area contributed by atoms with Crippen molar-refractivity contribution in [2.24, 2.45) is 5.73 Å². The quantitative estimate of drug-likeness (QED) is 0.880. The van der Waals surface area contributed by atoms with Gasteiger partial charge in [0.1, 0.15) is 5.60 Å². The Morgan fingerprint density at radius 1 is 1.55 bits per heavy atom. The predicted octanol–water partition coefficient (Wildman–Crippen LogP) is 1.25. The summed E-state index contributed by atoms with van der Waals surface area (Å²) in [5.74, 6) is 0. The smallest absolute Gasteiger partial charge is 0.407 e. The van der Waals surface area contributed by atoms with E-state index >= 15 is 0 Å². The molecular formula is C13H19N5O2.